The summed E-state index contributed by atoms with van der Waals surface area (Å²) in [5.74, 6) is -0.223. The second-order valence-corrected chi connectivity index (χ2v) is 9.72. The first-order valence-corrected chi connectivity index (χ1v) is 12.2. The number of aromatic nitrogens is 1. The van der Waals surface area contributed by atoms with Crippen LogP contribution in [-0.4, -0.2) is 51.9 Å². The van der Waals surface area contributed by atoms with E-state index in [9.17, 15) is 18.0 Å². The Bertz CT molecular complexity index is 1330. The Morgan fingerprint density at radius 1 is 1.06 bits per heavy atom. The number of carbonyl (C=O) groups excluding carboxylic acids is 2. The maximum Gasteiger partial charge on any atom is 0.326 e. The Morgan fingerprint density at radius 2 is 1.72 bits per heavy atom. The molecule has 3 rings (SSSR count). The van der Waals surface area contributed by atoms with Gasteiger partial charge in [-0.2, -0.15) is 4.99 Å². The second kappa shape index (κ2) is 9.53. The Kier molecular flexibility index (Phi) is 6.99. The normalized spacial score (nSPS) is 12.1. The van der Waals surface area contributed by atoms with Crippen molar-refractivity contribution in [2.75, 3.05) is 27.1 Å². The van der Waals surface area contributed by atoms with Gasteiger partial charge in [-0.15, -0.1) is 0 Å². The largest absolute Gasteiger partial charge is 0.497 e. The predicted octanol–water partition coefficient (Wildman–Crippen LogP) is 2.43. The number of esters is 1. The third-order valence-corrected chi connectivity index (χ3v) is 6.62. The third kappa shape index (κ3) is 5.17. The SMILES string of the molecule is CCOC(=O)Cn1c(=NC(=O)c2cc(OC)cc(OC)c2)sc2cc(S(C)(=O)=O)ccc21. The van der Waals surface area contributed by atoms with Gasteiger partial charge in [0.1, 0.15) is 18.0 Å². The molecular formula is C21H22N2O7S2. The van der Waals surface area contributed by atoms with E-state index in [0.29, 0.717) is 21.7 Å². The topological polar surface area (TPSA) is 113 Å². The smallest absolute Gasteiger partial charge is 0.326 e. The molecule has 32 heavy (non-hydrogen) atoms. The highest BCUT2D eigenvalue weighted by Gasteiger charge is 2.16. The molecule has 2 aromatic carbocycles. The van der Waals surface area contributed by atoms with Crippen LogP contribution in [-0.2, 0) is 25.9 Å². The summed E-state index contributed by atoms with van der Waals surface area (Å²) in [4.78, 5) is 29.6. The van der Waals surface area contributed by atoms with Gasteiger partial charge in [-0.1, -0.05) is 11.3 Å². The van der Waals surface area contributed by atoms with Gasteiger partial charge in [0.15, 0.2) is 14.6 Å². The van der Waals surface area contributed by atoms with Crippen molar-refractivity contribution < 1.29 is 32.2 Å². The van der Waals surface area contributed by atoms with Crippen molar-refractivity contribution in [3.63, 3.8) is 0 Å². The van der Waals surface area contributed by atoms with Crippen molar-refractivity contribution in [1.82, 2.24) is 4.57 Å². The van der Waals surface area contributed by atoms with Crippen LogP contribution in [0.2, 0.25) is 0 Å². The maximum absolute atomic E-state index is 12.9. The molecule has 3 aromatic rings. The fourth-order valence-electron chi connectivity index (χ4n) is 2.94. The number of hydrogen-bond acceptors (Lipinski definition) is 8. The van der Waals surface area contributed by atoms with E-state index >= 15 is 0 Å². The first kappa shape index (κ1) is 23.5. The van der Waals surface area contributed by atoms with Gasteiger partial charge in [-0.3, -0.25) is 9.59 Å². The van der Waals surface area contributed by atoms with Crippen LogP contribution < -0.4 is 14.3 Å². The lowest BCUT2D eigenvalue weighted by Gasteiger charge is -2.07. The molecule has 1 aromatic heterocycles. The molecule has 1 amide bonds. The molecule has 0 N–H and O–H groups in total. The molecule has 0 radical (unpaired) electrons. The zero-order valence-electron chi connectivity index (χ0n) is 17.9. The summed E-state index contributed by atoms with van der Waals surface area (Å²) >= 11 is 1.10. The van der Waals surface area contributed by atoms with E-state index in [-0.39, 0.29) is 28.4 Å². The van der Waals surface area contributed by atoms with E-state index in [1.165, 1.54) is 43.1 Å². The van der Waals surface area contributed by atoms with E-state index in [0.717, 1.165) is 17.6 Å². The van der Waals surface area contributed by atoms with Crippen LogP contribution in [0.1, 0.15) is 17.3 Å². The Hall–Kier alpha value is -3.18. The van der Waals surface area contributed by atoms with Gasteiger partial charge in [-0.25, -0.2) is 8.42 Å². The van der Waals surface area contributed by atoms with Gasteiger partial charge >= 0.3 is 5.97 Å². The average Bonchev–Trinajstić information content (AvgIpc) is 3.08. The molecule has 1 heterocycles. The summed E-state index contributed by atoms with van der Waals surface area (Å²) in [5, 5.41) is 0. The number of carbonyl (C=O) groups is 2. The number of amides is 1. The number of hydrogen-bond donors (Lipinski definition) is 0. The molecule has 0 saturated heterocycles. The van der Waals surface area contributed by atoms with E-state index in [4.69, 9.17) is 14.2 Å². The number of methoxy groups -OCH3 is 2. The van der Waals surface area contributed by atoms with Crippen LogP contribution in [0.15, 0.2) is 46.3 Å². The average molecular weight is 479 g/mol. The van der Waals surface area contributed by atoms with Crippen LogP contribution in [0, 0.1) is 0 Å². The van der Waals surface area contributed by atoms with Gasteiger partial charge < -0.3 is 18.8 Å². The molecule has 9 nitrogen and oxygen atoms in total. The number of ether oxygens (including phenoxy) is 3. The molecule has 0 unspecified atom stereocenters. The lowest BCUT2D eigenvalue weighted by atomic mass is 10.2. The molecular weight excluding hydrogens is 456 g/mol. The van der Waals surface area contributed by atoms with Gasteiger partial charge in [0, 0.05) is 17.9 Å². The highest BCUT2D eigenvalue weighted by Crippen LogP contribution is 2.24. The first-order chi connectivity index (χ1) is 15.2. The Labute approximate surface area is 188 Å². The van der Waals surface area contributed by atoms with Gasteiger partial charge in [-0.05, 0) is 37.3 Å². The minimum Gasteiger partial charge on any atom is -0.497 e. The van der Waals surface area contributed by atoms with Crippen molar-refractivity contribution in [2.24, 2.45) is 4.99 Å². The van der Waals surface area contributed by atoms with Crippen LogP contribution in [0.5, 0.6) is 11.5 Å². The molecule has 0 atom stereocenters. The van der Waals surface area contributed by atoms with Crippen LogP contribution in [0.4, 0.5) is 0 Å². The van der Waals surface area contributed by atoms with E-state index in [1.54, 1.807) is 19.1 Å². The zero-order valence-corrected chi connectivity index (χ0v) is 19.6. The Balaban J connectivity index is 2.17. The highest BCUT2D eigenvalue weighted by atomic mass is 32.2. The number of thiazole rings is 1. The highest BCUT2D eigenvalue weighted by molar-refractivity contribution is 7.90. The Morgan fingerprint density at radius 3 is 2.28 bits per heavy atom. The van der Waals surface area contributed by atoms with Gasteiger partial charge in [0.05, 0.1) is 35.9 Å². The number of benzene rings is 2. The van der Waals surface area contributed by atoms with E-state index in [2.05, 4.69) is 4.99 Å². The fraction of sp³-hybridized carbons (Fsp3) is 0.286. The third-order valence-electron chi connectivity index (χ3n) is 4.47. The van der Waals surface area contributed by atoms with E-state index in [1.807, 2.05) is 0 Å². The summed E-state index contributed by atoms with van der Waals surface area (Å²) in [6, 6.07) is 9.21. The first-order valence-electron chi connectivity index (χ1n) is 9.47. The zero-order chi connectivity index (χ0) is 23.5. The van der Waals surface area contributed by atoms with Crippen molar-refractivity contribution in [1.29, 1.82) is 0 Å². The molecule has 0 aliphatic rings. The summed E-state index contributed by atoms with van der Waals surface area (Å²) < 4.78 is 41.4. The second-order valence-electron chi connectivity index (χ2n) is 6.70. The van der Waals surface area contributed by atoms with Crippen molar-refractivity contribution in [2.45, 2.75) is 18.4 Å². The van der Waals surface area contributed by atoms with Crippen LogP contribution in [0.25, 0.3) is 10.2 Å². The summed E-state index contributed by atoms with van der Waals surface area (Å²) in [5.41, 5.74) is 0.795. The fourth-order valence-corrected chi connectivity index (χ4v) is 4.73. The molecule has 0 saturated carbocycles. The lowest BCUT2D eigenvalue weighted by molar-refractivity contribution is -0.143. The molecule has 0 bridgehead atoms. The summed E-state index contributed by atoms with van der Waals surface area (Å²) in [7, 11) is -0.488. The maximum atomic E-state index is 12.9. The number of nitrogens with zero attached hydrogens (tertiary/aromatic N) is 2. The molecule has 0 spiro atoms. The number of sulfone groups is 1. The predicted molar refractivity (Wildman–Crippen MR) is 119 cm³/mol. The minimum absolute atomic E-state index is 0.130. The van der Waals surface area contributed by atoms with Crippen LogP contribution in [0.3, 0.4) is 0 Å². The molecule has 0 aliphatic heterocycles. The number of fused-ring (bicyclic) bond motifs is 1. The standard InChI is InChI=1S/C21H22N2O7S2/c1-5-30-19(24)12-23-17-7-6-16(32(4,26)27)11-18(17)31-21(23)22-20(25)13-8-14(28-2)10-15(9-13)29-3/h6-11H,5,12H2,1-4H3. The van der Waals surface area contributed by atoms with Crippen molar-refractivity contribution in [3.8, 4) is 11.5 Å². The monoisotopic (exact) mass is 478 g/mol. The molecule has 0 aliphatic carbocycles. The quantitative estimate of drug-likeness (QED) is 0.479. The summed E-state index contributed by atoms with van der Waals surface area (Å²) in [6.07, 6.45) is 1.11. The molecule has 0 fully saturated rings. The van der Waals surface area contributed by atoms with Gasteiger partial charge in [0.25, 0.3) is 5.91 Å². The van der Waals surface area contributed by atoms with E-state index < -0.39 is 21.7 Å². The van der Waals surface area contributed by atoms with Crippen molar-refractivity contribution in [3.05, 3.63) is 46.8 Å². The minimum atomic E-state index is -3.43. The van der Waals surface area contributed by atoms with Crippen molar-refractivity contribution >= 4 is 43.3 Å². The van der Waals surface area contributed by atoms with Gasteiger partial charge in [0.2, 0.25) is 0 Å². The molecule has 11 heteroatoms. The lowest BCUT2D eigenvalue weighted by Crippen LogP contribution is -2.23. The van der Waals surface area contributed by atoms with Crippen LogP contribution >= 0.6 is 11.3 Å². The summed E-state index contributed by atoms with van der Waals surface area (Å²) in [6.45, 7) is 1.71. The molecule has 170 valence electrons. The number of rotatable bonds is 7.